The number of hydrogen-bond donors (Lipinski definition) is 2. The monoisotopic (exact) mass is 415 g/mol. The lowest BCUT2D eigenvalue weighted by molar-refractivity contribution is 0.102. The molecule has 1 aromatic heterocycles. The number of nitrogens with zero attached hydrogens (tertiary/aromatic N) is 1. The van der Waals surface area contributed by atoms with Gasteiger partial charge in [-0.1, -0.05) is 12.1 Å². The molecule has 0 fully saturated rings. The van der Waals surface area contributed by atoms with Crippen LogP contribution in [0.25, 0.3) is 0 Å². The van der Waals surface area contributed by atoms with Gasteiger partial charge in [-0.15, -0.1) is 0 Å². The third kappa shape index (κ3) is 4.95. The van der Waals surface area contributed by atoms with E-state index >= 15 is 0 Å². The molecule has 29 heavy (non-hydrogen) atoms. The Morgan fingerprint density at radius 3 is 2.52 bits per heavy atom. The van der Waals surface area contributed by atoms with Crippen LogP contribution in [-0.4, -0.2) is 26.4 Å². The van der Waals surface area contributed by atoms with Crippen LogP contribution in [0.4, 0.5) is 10.1 Å². The number of rotatable bonds is 7. The highest BCUT2D eigenvalue weighted by molar-refractivity contribution is 7.89. The van der Waals surface area contributed by atoms with Gasteiger partial charge in [0, 0.05) is 18.9 Å². The molecule has 0 aliphatic heterocycles. The van der Waals surface area contributed by atoms with Crippen molar-refractivity contribution in [2.45, 2.75) is 11.4 Å². The highest BCUT2D eigenvalue weighted by Gasteiger charge is 2.19. The zero-order chi connectivity index (χ0) is 20.9. The molecule has 3 aromatic rings. The Balaban J connectivity index is 1.84. The van der Waals surface area contributed by atoms with Gasteiger partial charge < -0.3 is 10.1 Å². The number of nitrogens with one attached hydrogen (secondary N) is 2. The maximum Gasteiger partial charge on any atom is 0.258 e. The first kappa shape index (κ1) is 20.4. The van der Waals surface area contributed by atoms with E-state index in [2.05, 4.69) is 15.0 Å². The Hall–Kier alpha value is -3.30. The first-order valence-corrected chi connectivity index (χ1v) is 10.0. The third-order valence-electron chi connectivity index (χ3n) is 4.06. The third-order valence-corrected chi connectivity index (χ3v) is 5.46. The first-order chi connectivity index (χ1) is 13.9. The summed E-state index contributed by atoms with van der Waals surface area (Å²) < 4.78 is 46.8. The quantitative estimate of drug-likeness (QED) is 0.618. The van der Waals surface area contributed by atoms with Crippen molar-refractivity contribution < 1.29 is 22.3 Å². The number of carbonyl (C=O) groups is 1. The summed E-state index contributed by atoms with van der Waals surface area (Å²) in [5.41, 5.74) is 0.677. The molecule has 0 saturated carbocycles. The summed E-state index contributed by atoms with van der Waals surface area (Å²) in [7, 11) is -2.49. The molecule has 0 aliphatic rings. The number of benzene rings is 2. The molecule has 2 aromatic carbocycles. The molecule has 0 bridgehead atoms. The van der Waals surface area contributed by atoms with Crippen LogP contribution in [0, 0.1) is 5.82 Å². The smallest absolute Gasteiger partial charge is 0.258 e. The Bertz CT molecular complexity index is 1120. The summed E-state index contributed by atoms with van der Waals surface area (Å²) in [6.45, 7) is 0.0772. The summed E-state index contributed by atoms with van der Waals surface area (Å²) >= 11 is 0. The fourth-order valence-electron chi connectivity index (χ4n) is 2.55. The van der Waals surface area contributed by atoms with Gasteiger partial charge in [0.05, 0.1) is 23.3 Å². The summed E-state index contributed by atoms with van der Waals surface area (Å²) in [6.07, 6.45) is 3.13. The molecule has 1 amide bonds. The van der Waals surface area contributed by atoms with Crippen LogP contribution < -0.4 is 14.8 Å². The number of anilines is 1. The van der Waals surface area contributed by atoms with Gasteiger partial charge in [0.1, 0.15) is 11.6 Å². The molecule has 7 nitrogen and oxygen atoms in total. The molecule has 0 unspecified atom stereocenters. The number of halogens is 1. The number of pyridine rings is 1. The normalized spacial score (nSPS) is 11.1. The number of carbonyl (C=O) groups excluding carboxylic acids is 1. The minimum Gasteiger partial charge on any atom is -0.495 e. The van der Waals surface area contributed by atoms with Crippen molar-refractivity contribution in [2.75, 3.05) is 12.4 Å². The first-order valence-electron chi connectivity index (χ1n) is 8.53. The fraction of sp³-hybridized carbons (Fsp3) is 0.100. The highest BCUT2D eigenvalue weighted by Crippen LogP contribution is 2.28. The largest absolute Gasteiger partial charge is 0.495 e. The second-order valence-electron chi connectivity index (χ2n) is 5.98. The van der Waals surface area contributed by atoms with E-state index in [1.165, 1.54) is 43.5 Å². The van der Waals surface area contributed by atoms with Gasteiger partial charge >= 0.3 is 0 Å². The number of methoxy groups -OCH3 is 1. The predicted molar refractivity (Wildman–Crippen MR) is 106 cm³/mol. The molecule has 0 spiro atoms. The van der Waals surface area contributed by atoms with Gasteiger partial charge in [-0.05, 0) is 48.0 Å². The molecular weight excluding hydrogens is 397 g/mol. The van der Waals surface area contributed by atoms with Crippen molar-refractivity contribution >= 4 is 21.6 Å². The molecule has 9 heteroatoms. The van der Waals surface area contributed by atoms with Crippen molar-refractivity contribution in [1.82, 2.24) is 9.71 Å². The molecule has 2 N–H and O–H groups in total. The van der Waals surface area contributed by atoms with E-state index < -0.39 is 21.7 Å². The van der Waals surface area contributed by atoms with Gasteiger partial charge in [-0.25, -0.2) is 17.5 Å². The maximum absolute atomic E-state index is 13.9. The van der Waals surface area contributed by atoms with Crippen molar-refractivity contribution in [3.05, 3.63) is 83.9 Å². The van der Waals surface area contributed by atoms with E-state index in [9.17, 15) is 17.6 Å². The number of amides is 1. The lowest BCUT2D eigenvalue weighted by atomic mass is 10.2. The Morgan fingerprint density at radius 1 is 1.10 bits per heavy atom. The van der Waals surface area contributed by atoms with Crippen LogP contribution in [0.5, 0.6) is 5.75 Å². The molecule has 0 aliphatic carbocycles. The van der Waals surface area contributed by atoms with Gasteiger partial charge in [-0.3, -0.25) is 9.78 Å². The van der Waals surface area contributed by atoms with E-state index in [1.54, 1.807) is 24.5 Å². The van der Waals surface area contributed by atoms with Crippen LogP contribution >= 0.6 is 0 Å². The zero-order valence-electron chi connectivity index (χ0n) is 15.4. The van der Waals surface area contributed by atoms with Crippen LogP contribution in [-0.2, 0) is 16.6 Å². The standard InChI is InChI=1S/C20H18FN3O4S/c1-28-19-7-6-15(29(26,27)23-13-14-8-10-22-11-9-14)12-18(19)24-20(25)16-4-2-3-5-17(16)21/h2-12,23H,13H2,1H3,(H,24,25). The zero-order valence-corrected chi connectivity index (χ0v) is 16.2. The minimum absolute atomic E-state index is 0.0730. The SMILES string of the molecule is COc1ccc(S(=O)(=O)NCc2ccncc2)cc1NC(=O)c1ccccc1F. The van der Waals surface area contributed by atoms with Gasteiger partial charge in [-0.2, -0.15) is 0 Å². The Morgan fingerprint density at radius 2 is 1.83 bits per heavy atom. The molecule has 0 radical (unpaired) electrons. The molecule has 150 valence electrons. The fourth-order valence-corrected chi connectivity index (χ4v) is 3.59. The average Bonchev–Trinajstić information content (AvgIpc) is 2.73. The van der Waals surface area contributed by atoms with Crippen LogP contribution in [0.15, 0.2) is 71.9 Å². The number of aromatic nitrogens is 1. The molecule has 1 heterocycles. The topological polar surface area (TPSA) is 97.4 Å². The van der Waals surface area contributed by atoms with Gasteiger partial charge in [0.25, 0.3) is 5.91 Å². The van der Waals surface area contributed by atoms with Gasteiger partial charge in [0.2, 0.25) is 10.0 Å². The van der Waals surface area contributed by atoms with E-state index in [1.807, 2.05) is 0 Å². The molecular formula is C20H18FN3O4S. The number of hydrogen-bond acceptors (Lipinski definition) is 5. The number of ether oxygens (including phenoxy) is 1. The molecule has 0 atom stereocenters. The lowest BCUT2D eigenvalue weighted by Crippen LogP contribution is -2.23. The highest BCUT2D eigenvalue weighted by atomic mass is 32.2. The van der Waals surface area contributed by atoms with E-state index in [0.717, 1.165) is 11.6 Å². The van der Waals surface area contributed by atoms with Crippen molar-refractivity contribution in [2.24, 2.45) is 0 Å². The summed E-state index contributed by atoms with van der Waals surface area (Å²) in [5.74, 6) is -1.17. The Kier molecular flexibility index (Phi) is 6.20. The lowest BCUT2D eigenvalue weighted by Gasteiger charge is -2.13. The van der Waals surface area contributed by atoms with Crippen LogP contribution in [0.1, 0.15) is 15.9 Å². The van der Waals surface area contributed by atoms with Crippen molar-refractivity contribution in [1.29, 1.82) is 0 Å². The number of sulfonamides is 1. The van der Waals surface area contributed by atoms with Crippen LogP contribution in [0.3, 0.4) is 0 Å². The maximum atomic E-state index is 13.9. The Labute approximate surface area is 167 Å². The summed E-state index contributed by atoms with van der Waals surface area (Å²) in [6, 6.07) is 12.9. The van der Waals surface area contributed by atoms with Crippen molar-refractivity contribution in [3.8, 4) is 5.75 Å². The van der Waals surface area contributed by atoms with Gasteiger partial charge in [0.15, 0.2) is 0 Å². The second kappa shape index (κ2) is 8.80. The average molecular weight is 415 g/mol. The molecule has 0 saturated heterocycles. The van der Waals surface area contributed by atoms with Crippen LogP contribution in [0.2, 0.25) is 0 Å². The predicted octanol–water partition coefficient (Wildman–Crippen LogP) is 2.96. The molecule has 3 rings (SSSR count). The van der Waals surface area contributed by atoms with Crippen molar-refractivity contribution in [3.63, 3.8) is 0 Å². The summed E-state index contributed by atoms with van der Waals surface area (Å²) in [4.78, 5) is 16.2. The second-order valence-corrected chi connectivity index (χ2v) is 7.74. The minimum atomic E-state index is -3.87. The van der Waals surface area contributed by atoms with E-state index in [4.69, 9.17) is 4.74 Å². The summed E-state index contributed by atoms with van der Waals surface area (Å²) in [5, 5.41) is 2.50. The van der Waals surface area contributed by atoms with E-state index in [0.29, 0.717) is 0 Å². The van der Waals surface area contributed by atoms with E-state index in [-0.39, 0.29) is 28.4 Å².